The van der Waals surface area contributed by atoms with Crippen LogP contribution in [0.1, 0.15) is 45.2 Å². The largest absolute Gasteiger partial charge is 0.463 e. The summed E-state index contributed by atoms with van der Waals surface area (Å²) in [6.07, 6.45) is -4.29. The molecular weight excluding hydrogens is 504 g/mol. The van der Waals surface area contributed by atoms with E-state index in [-0.39, 0.29) is 12.4 Å². The average molecular weight is 532 g/mol. The fourth-order valence-corrected chi connectivity index (χ4v) is 4.76. The van der Waals surface area contributed by atoms with Gasteiger partial charge in [-0.3, -0.25) is 19.2 Å². The minimum Gasteiger partial charge on any atom is -0.463 e. The van der Waals surface area contributed by atoms with Crippen LogP contribution in [0.15, 0.2) is 27.4 Å². The fraction of sp³-hybridized carbons (Fsp3) is 0.500. The maximum Gasteiger partial charge on any atom is 0.339 e. The van der Waals surface area contributed by atoms with Gasteiger partial charge >= 0.3 is 29.5 Å². The Hall–Kier alpha value is -3.93. The molecule has 5 unspecified atom stereocenters. The molecule has 204 valence electrons. The molecular formula is C26H28O12. The van der Waals surface area contributed by atoms with Crippen molar-refractivity contribution in [2.75, 3.05) is 6.61 Å². The lowest BCUT2D eigenvalue weighted by Crippen LogP contribution is -2.63. The van der Waals surface area contributed by atoms with Gasteiger partial charge in [0, 0.05) is 44.7 Å². The van der Waals surface area contributed by atoms with E-state index in [0.29, 0.717) is 17.6 Å². The number of hydrogen-bond acceptors (Lipinski definition) is 12. The van der Waals surface area contributed by atoms with E-state index in [1.807, 2.05) is 0 Å². The van der Waals surface area contributed by atoms with E-state index < -0.39 is 60.2 Å². The molecule has 2 aliphatic rings. The molecule has 1 aromatic carbocycles. The number of benzene rings is 1. The van der Waals surface area contributed by atoms with Gasteiger partial charge in [0.05, 0.1) is 0 Å². The molecule has 2 heterocycles. The third-order valence-corrected chi connectivity index (χ3v) is 6.15. The number of hydrogen-bond donors (Lipinski definition) is 0. The van der Waals surface area contributed by atoms with Crippen LogP contribution in [0.5, 0.6) is 5.75 Å². The molecule has 0 radical (unpaired) electrons. The first-order valence-corrected chi connectivity index (χ1v) is 12.1. The molecule has 1 fully saturated rings. The van der Waals surface area contributed by atoms with Crippen molar-refractivity contribution in [3.8, 4) is 5.75 Å². The SMILES string of the molecule is CC(=O)OCC1OC(Oc2ccc3c4c(c(=O)oc3c2)CCC4)C(OC(C)=O)C(OC(C)=O)C1OC(C)=O. The Morgan fingerprint density at radius 1 is 0.842 bits per heavy atom. The molecule has 38 heavy (non-hydrogen) atoms. The van der Waals surface area contributed by atoms with Crippen LogP contribution in [0, 0.1) is 0 Å². The molecule has 5 atom stereocenters. The number of rotatable bonds is 7. The van der Waals surface area contributed by atoms with Crippen LogP contribution in [0.4, 0.5) is 0 Å². The quantitative estimate of drug-likeness (QED) is 0.290. The van der Waals surface area contributed by atoms with Gasteiger partial charge in [0.1, 0.15) is 24.0 Å². The lowest BCUT2D eigenvalue weighted by molar-refractivity contribution is -0.288. The van der Waals surface area contributed by atoms with Crippen molar-refractivity contribution in [1.82, 2.24) is 0 Å². The minimum absolute atomic E-state index is 0.194. The maximum absolute atomic E-state index is 12.4. The standard InChI is InChI=1S/C26H28O12/c1-12(27)32-11-21-22(33-13(2)28)23(34-14(3)29)24(35-15(4)30)26(38-21)36-16-8-9-18-17-6-5-7-19(17)25(31)37-20(18)10-16/h8-10,21-24,26H,5-7,11H2,1-4H3. The summed E-state index contributed by atoms with van der Waals surface area (Å²) in [7, 11) is 0. The summed E-state index contributed by atoms with van der Waals surface area (Å²) in [6, 6.07) is 4.89. The van der Waals surface area contributed by atoms with Crippen molar-refractivity contribution in [1.29, 1.82) is 0 Å². The van der Waals surface area contributed by atoms with Crippen molar-refractivity contribution < 1.29 is 52.0 Å². The van der Waals surface area contributed by atoms with E-state index >= 15 is 0 Å². The van der Waals surface area contributed by atoms with E-state index in [1.54, 1.807) is 12.1 Å². The summed E-state index contributed by atoms with van der Waals surface area (Å²) >= 11 is 0. The molecule has 12 nitrogen and oxygen atoms in total. The Kier molecular flexibility index (Phi) is 8.00. The van der Waals surface area contributed by atoms with E-state index in [2.05, 4.69) is 0 Å². The van der Waals surface area contributed by atoms with Gasteiger partial charge in [-0.2, -0.15) is 0 Å². The second-order valence-electron chi connectivity index (χ2n) is 9.04. The number of fused-ring (bicyclic) bond motifs is 3. The first-order valence-electron chi connectivity index (χ1n) is 12.1. The van der Waals surface area contributed by atoms with Crippen LogP contribution in [0.2, 0.25) is 0 Å². The molecule has 0 saturated carbocycles. The summed E-state index contributed by atoms with van der Waals surface area (Å²) in [5.41, 5.74) is 1.51. The molecule has 0 spiro atoms. The fourth-order valence-electron chi connectivity index (χ4n) is 4.76. The number of esters is 4. The maximum atomic E-state index is 12.4. The molecule has 1 saturated heterocycles. The first kappa shape index (κ1) is 27.1. The molecule has 0 N–H and O–H groups in total. The average Bonchev–Trinajstić information content (AvgIpc) is 3.32. The highest BCUT2D eigenvalue weighted by molar-refractivity contribution is 5.83. The topological polar surface area (TPSA) is 154 Å². The summed E-state index contributed by atoms with van der Waals surface area (Å²) < 4.78 is 38.7. The molecule has 2 aromatic rings. The Balaban J connectivity index is 1.71. The van der Waals surface area contributed by atoms with Crippen LogP contribution >= 0.6 is 0 Å². The predicted molar refractivity (Wildman–Crippen MR) is 127 cm³/mol. The zero-order chi connectivity index (χ0) is 27.6. The Labute approximate surface area is 217 Å². The molecule has 4 rings (SSSR count). The normalized spacial score (nSPS) is 24.3. The Morgan fingerprint density at radius 3 is 2.13 bits per heavy atom. The highest BCUT2D eigenvalue weighted by Gasteiger charge is 2.53. The molecule has 0 amide bonds. The second-order valence-corrected chi connectivity index (χ2v) is 9.04. The van der Waals surface area contributed by atoms with Gasteiger partial charge in [-0.05, 0) is 37.0 Å². The van der Waals surface area contributed by atoms with E-state index in [4.69, 9.17) is 32.8 Å². The monoisotopic (exact) mass is 532 g/mol. The molecule has 1 aliphatic heterocycles. The van der Waals surface area contributed by atoms with Gasteiger partial charge < -0.3 is 32.8 Å². The Bertz CT molecular complexity index is 1310. The van der Waals surface area contributed by atoms with E-state index in [9.17, 15) is 24.0 Å². The van der Waals surface area contributed by atoms with E-state index in [1.165, 1.54) is 13.0 Å². The lowest BCUT2D eigenvalue weighted by atomic mass is 9.98. The molecule has 0 bridgehead atoms. The van der Waals surface area contributed by atoms with Crippen LogP contribution in [-0.2, 0) is 55.7 Å². The van der Waals surface area contributed by atoms with Crippen molar-refractivity contribution >= 4 is 34.8 Å². The van der Waals surface area contributed by atoms with Gasteiger partial charge in [0.2, 0.25) is 12.4 Å². The third-order valence-electron chi connectivity index (χ3n) is 6.15. The summed E-state index contributed by atoms with van der Waals surface area (Å²) in [5.74, 6) is -2.67. The van der Waals surface area contributed by atoms with Gasteiger partial charge in [0.15, 0.2) is 12.2 Å². The van der Waals surface area contributed by atoms with Crippen LogP contribution in [0.3, 0.4) is 0 Å². The van der Waals surface area contributed by atoms with Crippen molar-refractivity contribution in [2.45, 2.75) is 77.7 Å². The lowest BCUT2D eigenvalue weighted by Gasteiger charge is -2.43. The predicted octanol–water partition coefficient (Wildman–Crippen LogP) is 1.74. The van der Waals surface area contributed by atoms with Gasteiger partial charge in [-0.1, -0.05) is 0 Å². The number of ether oxygens (including phenoxy) is 6. The molecule has 1 aliphatic carbocycles. The van der Waals surface area contributed by atoms with Crippen molar-refractivity contribution in [3.05, 3.63) is 39.7 Å². The summed E-state index contributed by atoms with van der Waals surface area (Å²) in [4.78, 5) is 59.7. The first-order chi connectivity index (χ1) is 18.0. The van der Waals surface area contributed by atoms with Crippen LogP contribution in [0.25, 0.3) is 11.0 Å². The molecule has 12 heteroatoms. The summed E-state index contributed by atoms with van der Waals surface area (Å²) in [5, 5.41) is 0.783. The number of aryl methyl sites for hydroxylation is 1. The van der Waals surface area contributed by atoms with Crippen molar-refractivity contribution in [2.24, 2.45) is 0 Å². The van der Waals surface area contributed by atoms with E-state index in [0.717, 1.165) is 44.6 Å². The minimum atomic E-state index is -1.39. The zero-order valence-corrected chi connectivity index (χ0v) is 21.3. The smallest absolute Gasteiger partial charge is 0.339 e. The van der Waals surface area contributed by atoms with Crippen LogP contribution in [-0.4, -0.2) is 61.2 Å². The zero-order valence-electron chi connectivity index (χ0n) is 21.3. The number of carbonyl (C=O) groups excluding carboxylic acids is 4. The van der Waals surface area contributed by atoms with Crippen LogP contribution < -0.4 is 10.4 Å². The molecule has 1 aromatic heterocycles. The summed E-state index contributed by atoms with van der Waals surface area (Å²) in [6.45, 7) is 4.21. The highest BCUT2D eigenvalue weighted by Crippen LogP contribution is 2.33. The van der Waals surface area contributed by atoms with Gasteiger partial charge in [0.25, 0.3) is 0 Å². The highest BCUT2D eigenvalue weighted by atomic mass is 16.7. The van der Waals surface area contributed by atoms with Gasteiger partial charge in [-0.25, -0.2) is 4.79 Å². The Morgan fingerprint density at radius 2 is 1.47 bits per heavy atom. The third kappa shape index (κ3) is 5.96. The van der Waals surface area contributed by atoms with Gasteiger partial charge in [-0.15, -0.1) is 0 Å². The van der Waals surface area contributed by atoms with Crippen molar-refractivity contribution in [3.63, 3.8) is 0 Å². The second kappa shape index (κ2) is 11.2. The number of carbonyl (C=O) groups is 4.